The van der Waals surface area contributed by atoms with Gasteiger partial charge in [-0.15, -0.1) is 0 Å². The van der Waals surface area contributed by atoms with E-state index in [1.54, 1.807) is 36.4 Å². The van der Waals surface area contributed by atoms with E-state index in [1.807, 2.05) is 30.3 Å². The third-order valence-corrected chi connectivity index (χ3v) is 4.49. The number of aromatic amines is 1. The van der Waals surface area contributed by atoms with Crippen molar-refractivity contribution in [3.05, 3.63) is 93.1 Å². The highest BCUT2D eigenvalue weighted by Gasteiger charge is 2.12. The summed E-state index contributed by atoms with van der Waals surface area (Å²) in [6.45, 7) is 0.382. The van der Waals surface area contributed by atoms with Crippen molar-refractivity contribution >= 4 is 11.0 Å². The molecular formula is C21H17N3O3. The molecule has 0 bridgehead atoms. The zero-order valence-corrected chi connectivity index (χ0v) is 14.4. The lowest BCUT2D eigenvalue weighted by Crippen LogP contribution is -2.31. The van der Waals surface area contributed by atoms with E-state index in [-0.39, 0.29) is 5.75 Å². The molecule has 6 nitrogen and oxygen atoms in total. The normalized spacial score (nSPS) is 11.0. The van der Waals surface area contributed by atoms with Crippen molar-refractivity contribution in [1.82, 2.24) is 14.5 Å². The summed E-state index contributed by atoms with van der Waals surface area (Å²) >= 11 is 0. The van der Waals surface area contributed by atoms with Gasteiger partial charge in [0.25, 0.3) is 5.56 Å². The van der Waals surface area contributed by atoms with Crippen LogP contribution in [-0.2, 0) is 13.0 Å². The van der Waals surface area contributed by atoms with Crippen LogP contribution in [0, 0.1) is 0 Å². The summed E-state index contributed by atoms with van der Waals surface area (Å²) in [6, 6.07) is 19.9. The van der Waals surface area contributed by atoms with E-state index in [2.05, 4.69) is 9.97 Å². The number of benzene rings is 2. The Labute approximate surface area is 154 Å². The topological polar surface area (TPSA) is 88.0 Å². The number of aromatic hydroxyl groups is 1. The van der Waals surface area contributed by atoms with Crippen LogP contribution >= 0.6 is 0 Å². The fourth-order valence-electron chi connectivity index (χ4n) is 3.09. The summed E-state index contributed by atoms with van der Waals surface area (Å²) in [4.78, 5) is 31.5. The van der Waals surface area contributed by atoms with Gasteiger partial charge in [-0.25, -0.2) is 9.78 Å². The first-order valence-electron chi connectivity index (χ1n) is 8.59. The van der Waals surface area contributed by atoms with E-state index in [4.69, 9.17) is 0 Å². The maximum absolute atomic E-state index is 12.4. The zero-order chi connectivity index (χ0) is 18.8. The summed E-state index contributed by atoms with van der Waals surface area (Å²) in [7, 11) is 0. The van der Waals surface area contributed by atoms with Crippen LogP contribution in [0.2, 0.25) is 0 Å². The van der Waals surface area contributed by atoms with Gasteiger partial charge < -0.3 is 5.11 Å². The predicted octanol–water partition coefficient (Wildman–Crippen LogP) is 2.70. The van der Waals surface area contributed by atoms with Crippen LogP contribution < -0.4 is 11.2 Å². The van der Waals surface area contributed by atoms with Gasteiger partial charge in [-0.05, 0) is 36.2 Å². The molecule has 0 amide bonds. The number of para-hydroxylation sites is 1. The Morgan fingerprint density at radius 1 is 0.926 bits per heavy atom. The van der Waals surface area contributed by atoms with Crippen LogP contribution in [0.4, 0.5) is 0 Å². The van der Waals surface area contributed by atoms with Crippen molar-refractivity contribution in [3.8, 4) is 17.0 Å². The van der Waals surface area contributed by atoms with Crippen LogP contribution in [0.3, 0.4) is 0 Å². The van der Waals surface area contributed by atoms with E-state index in [9.17, 15) is 14.7 Å². The summed E-state index contributed by atoms with van der Waals surface area (Å²) in [5.74, 6) is 0.0902. The van der Waals surface area contributed by atoms with E-state index >= 15 is 0 Å². The van der Waals surface area contributed by atoms with Gasteiger partial charge >= 0.3 is 5.69 Å². The second-order valence-corrected chi connectivity index (χ2v) is 6.23. The van der Waals surface area contributed by atoms with E-state index in [0.717, 1.165) is 5.56 Å². The quantitative estimate of drug-likeness (QED) is 0.586. The maximum Gasteiger partial charge on any atom is 0.330 e. The van der Waals surface area contributed by atoms with E-state index in [0.29, 0.717) is 35.3 Å². The van der Waals surface area contributed by atoms with E-state index in [1.165, 1.54) is 4.57 Å². The molecule has 6 heteroatoms. The van der Waals surface area contributed by atoms with Crippen LogP contribution in [0.25, 0.3) is 22.3 Å². The number of phenols is 1. The Kier molecular flexibility index (Phi) is 4.30. The van der Waals surface area contributed by atoms with Gasteiger partial charge in [-0.2, -0.15) is 0 Å². The van der Waals surface area contributed by atoms with Gasteiger partial charge in [0, 0.05) is 12.1 Å². The number of H-pyrrole nitrogens is 1. The van der Waals surface area contributed by atoms with Crippen LogP contribution in [0.15, 0.2) is 76.3 Å². The Hall–Kier alpha value is -3.67. The molecule has 0 aliphatic heterocycles. The molecule has 0 saturated carbocycles. The first kappa shape index (κ1) is 16.8. The number of nitrogens with zero attached hydrogens (tertiary/aromatic N) is 2. The third kappa shape index (κ3) is 3.25. The van der Waals surface area contributed by atoms with Gasteiger partial charge in [0.05, 0.1) is 11.1 Å². The molecule has 0 saturated heterocycles. The molecule has 2 N–H and O–H groups in total. The number of hydrogen-bond acceptors (Lipinski definition) is 4. The number of aromatic nitrogens is 3. The van der Waals surface area contributed by atoms with Crippen LogP contribution in [0.1, 0.15) is 5.56 Å². The van der Waals surface area contributed by atoms with E-state index < -0.39 is 11.2 Å². The average Bonchev–Trinajstić information content (AvgIpc) is 2.68. The highest BCUT2D eigenvalue weighted by atomic mass is 16.3. The number of aryl methyl sites for hydroxylation is 2. The minimum atomic E-state index is -0.495. The van der Waals surface area contributed by atoms with Crippen LogP contribution in [-0.4, -0.2) is 19.6 Å². The number of pyridine rings is 1. The molecule has 134 valence electrons. The summed E-state index contributed by atoms with van der Waals surface area (Å²) in [5, 5.41) is 10.4. The Balaban J connectivity index is 1.84. The second kappa shape index (κ2) is 6.92. The monoisotopic (exact) mass is 359 g/mol. The number of nitrogens with one attached hydrogen (secondary N) is 1. The fourth-order valence-corrected chi connectivity index (χ4v) is 3.09. The lowest BCUT2D eigenvalue weighted by atomic mass is 10.1. The molecule has 0 radical (unpaired) electrons. The largest absolute Gasteiger partial charge is 0.507 e. The van der Waals surface area contributed by atoms with Gasteiger partial charge in [0.15, 0.2) is 0 Å². The highest BCUT2D eigenvalue weighted by Crippen LogP contribution is 2.27. The number of hydrogen-bond donors (Lipinski definition) is 2. The van der Waals surface area contributed by atoms with Crippen molar-refractivity contribution in [2.75, 3.05) is 0 Å². The SMILES string of the molecule is O=c1[nH]c(=O)n(CCc2ccccc2)c2nc(-c3ccccc3O)ccc12. The molecule has 4 aromatic rings. The van der Waals surface area contributed by atoms with Crippen LogP contribution in [0.5, 0.6) is 5.75 Å². The minimum Gasteiger partial charge on any atom is -0.507 e. The zero-order valence-electron chi connectivity index (χ0n) is 14.4. The highest BCUT2D eigenvalue weighted by molar-refractivity contribution is 5.79. The Morgan fingerprint density at radius 3 is 2.44 bits per heavy atom. The molecule has 0 spiro atoms. The van der Waals surface area contributed by atoms with Gasteiger partial charge in [-0.1, -0.05) is 42.5 Å². The molecular weight excluding hydrogens is 342 g/mol. The summed E-state index contributed by atoms with van der Waals surface area (Å²) in [6.07, 6.45) is 0.629. The van der Waals surface area contributed by atoms with Crippen molar-refractivity contribution in [1.29, 1.82) is 0 Å². The van der Waals surface area contributed by atoms with Crippen molar-refractivity contribution in [2.24, 2.45) is 0 Å². The standard InChI is InChI=1S/C21H17N3O3/c25-18-9-5-4-8-15(18)17-11-10-16-19(22-17)24(21(27)23-20(16)26)13-12-14-6-2-1-3-7-14/h1-11,25H,12-13H2,(H,23,26,27). The number of phenolic OH excluding ortho intramolecular Hbond substituents is 1. The van der Waals surface area contributed by atoms with Crippen molar-refractivity contribution in [3.63, 3.8) is 0 Å². The second-order valence-electron chi connectivity index (χ2n) is 6.23. The smallest absolute Gasteiger partial charge is 0.330 e. The van der Waals surface area contributed by atoms with Gasteiger partial charge in [-0.3, -0.25) is 14.3 Å². The lowest BCUT2D eigenvalue weighted by Gasteiger charge is -2.11. The summed E-state index contributed by atoms with van der Waals surface area (Å²) in [5.41, 5.74) is 1.47. The molecule has 27 heavy (non-hydrogen) atoms. The molecule has 0 atom stereocenters. The molecule has 0 aliphatic rings. The Bertz CT molecular complexity index is 1230. The fraction of sp³-hybridized carbons (Fsp3) is 0.0952. The molecule has 0 fully saturated rings. The first-order valence-corrected chi connectivity index (χ1v) is 8.59. The first-order chi connectivity index (χ1) is 13.1. The molecule has 2 aromatic carbocycles. The summed E-state index contributed by atoms with van der Waals surface area (Å²) < 4.78 is 1.47. The molecule has 2 heterocycles. The minimum absolute atomic E-state index is 0.0902. The molecule has 4 rings (SSSR count). The average molecular weight is 359 g/mol. The van der Waals surface area contributed by atoms with Crippen molar-refractivity contribution in [2.45, 2.75) is 13.0 Å². The van der Waals surface area contributed by atoms with Gasteiger partial charge in [0.1, 0.15) is 11.4 Å². The Morgan fingerprint density at radius 2 is 1.67 bits per heavy atom. The number of rotatable bonds is 4. The number of fused-ring (bicyclic) bond motifs is 1. The van der Waals surface area contributed by atoms with Crippen molar-refractivity contribution < 1.29 is 5.11 Å². The molecule has 2 aromatic heterocycles. The maximum atomic E-state index is 12.4. The lowest BCUT2D eigenvalue weighted by molar-refractivity contribution is 0.477. The third-order valence-electron chi connectivity index (χ3n) is 4.49. The molecule has 0 unspecified atom stereocenters. The van der Waals surface area contributed by atoms with Gasteiger partial charge in [0.2, 0.25) is 0 Å². The predicted molar refractivity (Wildman–Crippen MR) is 104 cm³/mol. The molecule has 0 aliphatic carbocycles.